The number of benzene rings is 1. The van der Waals surface area contributed by atoms with Crippen LogP contribution < -0.4 is 4.74 Å². The molecule has 1 amide bonds. The Morgan fingerprint density at radius 3 is 2.80 bits per heavy atom. The summed E-state index contributed by atoms with van der Waals surface area (Å²) in [6.07, 6.45) is 4.56. The minimum atomic E-state index is -0.825. The normalized spacial score (nSPS) is 16.1. The first-order valence-electron chi connectivity index (χ1n) is 9.72. The summed E-state index contributed by atoms with van der Waals surface area (Å²) in [5.41, 5.74) is 3.91. The van der Waals surface area contributed by atoms with Crippen molar-refractivity contribution in [3.05, 3.63) is 65.7 Å². The van der Waals surface area contributed by atoms with E-state index in [2.05, 4.69) is 10.1 Å². The summed E-state index contributed by atoms with van der Waals surface area (Å²) in [5.74, 6) is -1.77. The standard InChI is InChI=1S/C22H22F2N4O2/c1-14-7-16(17-10-25-27(2)11-17)8-20(26-14)15-5-6-28(12-15)22(29)13-30-21-4-3-18(23)9-19(21)24/h3-4,7-11,15H,5-6,12-13H2,1-2H3/t15-/m0/s1. The molecule has 0 saturated carbocycles. The highest BCUT2D eigenvalue weighted by molar-refractivity contribution is 5.78. The Hall–Kier alpha value is -3.29. The summed E-state index contributed by atoms with van der Waals surface area (Å²) >= 11 is 0. The van der Waals surface area contributed by atoms with E-state index in [4.69, 9.17) is 4.74 Å². The van der Waals surface area contributed by atoms with Crippen LogP contribution in [0.25, 0.3) is 11.1 Å². The molecule has 156 valence electrons. The molecular formula is C22H22F2N4O2. The zero-order chi connectivity index (χ0) is 21.3. The lowest BCUT2D eigenvalue weighted by atomic mass is 10.00. The molecule has 8 heteroatoms. The monoisotopic (exact) mass is 412 g/mol. The van der Waals surface area contributed by atoms with Gasteiger partial charge in [0.2, 0.25) is 0 Å². The van der Waals surface area contributed by atoms with Gasteiger partial charge in [0.1, 0.15) is 5.82 Å². The number of aromatic nitrogens is 3. The average Bonchev–Trinajstić information content (AvgIpc) is 3.36. The maximum atomic E-state index is 13.7. The van der Waals surface area contributed by atoms with E-state index in [9.17, 15) is 13.6 Å². The third-order valence-electron chi connectivity index (χ3n) is 5.22. The van der Waals surface area contributed by atoms with Crippen LogP contribution in [-0.2, 0) is 11.8 Å². The summed E-state index contributed by atoms with van der Waals surface area (Å²) < 4.78 is 33.7. The van der Waals surface area contributed by atoms with E-state index in [0.29, 0.717) is 13.1 Å². The van der Waals surface area contributed by atoms with Gasteiger partial charge in [-0.15, -0.1) is 0 Å². The first-order chi connectivity index (χ1) is 14.4. The minimum absolute atomic E-state index is 0.117. The predicted molar refractivity (Wildman–Crippen MR) is 107 cm³/mol. The first-order valence-corrected chi connectivity index (χ1v) is 9.72. The predicted octanol–water partition coefficient (Wildman–Crippen LogP) is 3.46. The SMILES string of the molecule is Cc1cc(-c2cnn(C)c2)cc([C@H]2CCN(C(=O)COc3ccc(F)cc3F)C2)n1. The molecule has 30 heavy (non-hydrogen) atoms. The molecule has 0 aliphatic carbocycles. The topological polar surface area (TPSA) is 60.2 Å². The molecule has 0 bridgehead atoms. The van der Waals surface area contributed by atoms with Crippen molar-refractivity contribution in [3.8, 4) is 16.9 Å². The Bertz CT molecular complexity index is 1080. The van der Waals surface area contributed by atoms with Crippen LogP contribution in [0.4, 0.5) is 8.78 Å². The minimum Gasteiger partial charge on any atom is -0.481 e. The molecule has 2 aromatic heterocycles. The van der Waals surface area contributed by atoms with Gasteiger partial charge in [0.25, 0.3) is 5.91 Å². The molecule has 3 aromatic rings. The van der Waals surface area contributed by atoms with Gasteiger partial charge in [0.15, 0.2) is 18.2 Å². The Morgan fingerprint density at radius 1 is 1.23 bits per heavy atom. The van der Waals surface area contributed by atoms with Crippen LogP contribution in [0.1, 0.15) is 23.7 Å². The molecule has 3 heterocycles. The van der Waals surface area contributed by atoms with Gasteiger partial charge in [-0.25, -0.2) is 8.78 Å². The number of rotatable bonds is 5. The van der Waals surface area contributed by atoms with Gasteiger partial charge in [0.05, 0.1) is 6.20 Å². The lowest BCUT2D eigenvalue weighted by Crippen LogP contribution is -2.33. The summed E-state index contributed by atoms with van der Waals surface area (Å²) in [6, 6.07) is 7.07. The van der Waals surface area contributed by atoms with Crippen LogP contribution in [0, 0.1) is 18.6 Å². The fraction of sp³-hybridized carbons (Fsp3) is 0.318. The maximum absolute atomic E-state index is 13.7. The fourth-order valence-electron chi connectivity index (χ4n) is 3.69. The number of hydrogen-bond acceptors (Lipinski definition) is 4. The van der Waals surface area contributed by atoms with Crippen LogP contribution in [0.3, 0.4) is 0 Å². The average molecular weight is 412 g/mol. The largest absolute Gasteiger partial charge is 0.481 e. The molecule has 6 nitrogen and oxygen atoms in total. The maximum Gasteiger partial charge on any atom is 0.260 e. The Labute approximate surface area is 173 Å². The molecule has 0 spiro atoms. The van der Waals surface area contributed by atoms with Gasteiger partial charge in [-0.1, -0.05) is 0 Å². The Balaban J connectivity index is 1.41. The molecule has 1 fully saturated rings. The summed E-state index contributed by atoms with van der Waals surface area (Å²) in [6.45, 7) is 2.76. The number of ether oxygens (including phenoxy) is 1. The number of likely N-dealkylation sites (tertiary alicyclic amines) is 1. The van der Waals surface area contributed by atoms with Crippen LogP contribution in [0.2, 0.25) is 0 Å². The van der Waals surface area contributed by atoms with Crippen molar-refractivity contribution >= 4 is 5.91 Å². The van der Waals surface area contributed by atoms with E-state index in [-0.39, 0.29) is 24.2 Å². The van der Waals surface area contributed by atoms with Gasteiger partial charge in [-0.05, 0) is 43.2 Å². The van der Waals surface area contributed by atoms with Crippen molar-refractivity contribution < 1.29 is 18.3 Å². The first kappa shape index (κ1) is 20.0. The highest BCUT2D eigenvalue weighted by Crippen LogP contribution is 2.30. The van der Waals surface area contributed by atoms with Gasteiger partial charge >= 0.3 is 0 Å². The van der Waals surface area contributed by atoms with Gasteiger partial charge in [0, 0.05) is 55.3 Å². The smallest absolute Gasteiger partial charge is 0.260 e. The number of halogens is 2. The van der Waals surface area contributed by atoms with Crippen LogP contribution in [0.5, 0.6) is 5.75 Å². The number of pyridine rings is 1. The molecule has 0 N–H and O–H groups in total. The number of carbonyl (C=O) groups excluding carboxylic acids is 1. The van der Waals surface area contributed by atoms with E-state index < -0.39 is 11.6 Å². The van der Waals surface area contributed by atoms with Crippen molar-refractivity contribution in [2.75, 3.05) is 19.7 Å². The lowest BCUT2D eigenvalue weighted by molar-refractivity contribution is -0.132. The zero-order valence-corrected chi connectivity index (χ0v) is 16.8. The number of nitrogens with zero attached hydrogens (tertiary/aromatic N) is 4. The summed E-state index contributed by atoms with van der Waals surface area (Å²) in [4.78, 5) is 18.9. The van der Waals surface area contributed by atoms with E-state index in [1.807, 2.05) is 38.5 Å². The molecule has 1 aliphatic heterocycles. The molecule has 1 saturated heterocycles. The van der Waals surface area contributed by atoms with Crippen molar-refractivity contribution in [1.29, 1.82) is 0 Å². The third-order valence-corrected chi connectivity index (χ3v) is 5.22. The molecule has 4 rings (SSSR count). The van der Waals surface area contributed by atoms with Gasteiger partial charge < -0.3 is 9.64 Å². The third kappa shape index (κ3) is 4.32. The second kappa shape index (κ2) is 8.22. The summed E-state index contributed by atoms with van der Waals surface area (Å²) in [5, 5.41) is 4.22. The van der Waals surface area contributed by atoms with Crippen LogP contribution >= 0.6 is 0 Å². The second-order valence-electron chi connectivity index (χ2n) is 7.51. The second-order valence-corrected chi connectivity index (χ2v) is 7.51. The van der Waals surface area contributed by atoms with Gasteiger partial charge in [-0.3, -0.25) is 14.5 Å². The number of carbonyl (C=O) groups is 1. The van der Waals surface area contributed by atoms with Crippen molar-refractivity contribution in [3.63, 3.8) is 0 Å². The van der Waals surface area contributed by atoms with E-state index in [1.54, 1.807) is 9.58 Å². The highest BCUT2D eigenvalue weighted by atomic mass is 19.1. The Morgan fingerprint density at radius 2 is 2.07 bits per heavy atom. The molecular weight excluding hydrogens is 390 g/mol. The van der Waals surface area contributed by atoms with Crippen LogP contribution in [0.15, 0.2) is 42.7 Å². The van der Waals surface area contributed by atoms with E-state index in [0.717, 1.165) is 41.1 Å². The van der Waals surface area contributed by atoms with E-state index in [1.165, 1.54) is 6.07 Å². The molecule has 1 aliphatic rings. The van der Waals surface area contributed by atoms with E-state index >= 15 is 0 Å². The number of aryl methyl sites for hydroxylation is 2. The Kier molecular flexibility index (Phi) is 5.48. The molecule has 0 unspecified atom stereocenters. The molecule has 1 aromatic carbocycles. The van der Waals surface area contributed by atoms with Crippen LogP contribution in [-0.4, -0.2) is 45.3 Å². The fourth-order valence-corrected chi connectivity index (χ4v) is 3.69. The number of hydrogen-bond donors (Lipinski definition) is 0. The lowest BCUT2D eigenvalue weighted by Gasteiger charge is -2.17. The van der Waals surface area contributed by atoms with Crippen molar-refractivity contribution in [2.45, 2.75) is 19.3 Å². The highest BCUT2D eigenvalue weighted by Gasteiger charge is 2.29. The zero-order valence-electron chi connectivity index (χ0n) is 16.8. The molecule has 1 atom stereocenters. The molecule has 0 radical (unpaired) electrons. The summed E-state index contributed by atoms with van der Waals surface area (Å²) in [7, 11) is 1.87. The van der Waals surface area contributed by atoms with Crippen molar-refractivity contribution in [2.24, 2.45) is 7.05 Å². The quantitative estimate of drug-likeness (QED) is 0.644. The van der Waals surface area contributed by atoms with Gasteiger partial charge in [-0.2, -0.15) is 5.10 Å². The number of amides is 1. The van der Waals surface area contributed by atoms with Crippen molar-refractivity contribution in [1.82, 2.24) is 19.7 Å².